The van der Waals surface area contributed by atoms with Crippen LogP contribution in [-0.4, -0.2) is 44.3 Å². The Bertz CT molecular complexity index is 353. The van der Waals surface area contributed by atoms with Crippen molar-refractivity contribution in [2.45, 2.75) is 44.4 Å². The van der Waals surface area contributed by atoms with E-state index in [1.54, 1.807) is 18.7 Å². The number of rotatable bonds is 4. The van der Waals surface area contributed by atoms with Crippen LogP contribution in [0.5, 0.6) is 0 Å². The van der Waals surface area contributed by atoms with Crippen LogP contribution in [0.1, 0.15) is 33.6 Å². The third-order valence-corrected chi connectivity index (χ3v) is 3.72. The molecule has 1 amide bonds. The van der Waals surface area contributed by atoms with E-state index in [0.717, 1.165) is 11.8 Å². The lowest BCUT2D eigenvalue weighted by molar-refractivity contribution is -0.142. The average molecular weight is 259 g/mol. The molecule has 0 aliphatic carbocycles. The second-order valence-corrected chi connectivity index (χ2v) is 6.30. The van der Waals surface area contributed by atoms with Crippen LogP contribution in [0.2, 0.25) is 0 Å². The molecule has 5 nitrogen and oxygen atoms in total. The summed E-state index contributed by atoms with van der Waals surface area (Å²) in [5, 5.41) is 8.75. The largest absolute Gasteiger partial charge is 0.481 e. The minimum absolute atomic E-state index is 0.0132. The SMILES string of the molecule is CC(=O)SC1CC(=O)N(C(C)(C)CC(=O)O)C1. The van der Waals surface area contributed by atoms with Gasteiger partial charge in [0.2, 0.25) is 5.91 Å². The number of carbonyl (C=O) groups excluding carboxylic acids is 2. The maximum atomic E-state index is 11.8. The van der Waals surface area contributed by atoms with Gasteiger partial charge in [0, 0.05) is 30.7 Å². The maximum Gasteiger partial charge on any atom is 0.305 e. The van der Waals surface area contributed by atoms with Gasteiger partial charge in [-0.3, -0.25) is 14.4 Å². The molecule has 96 valence electrons. The van der Waals surface area contributed by atoms with E-state index in [0.29, 0.717) is 13.0 Å². The fraction of sp³-hybridized carbons (Fsp3) is 0.727. The smallest absolute Gasteiger partial charge is 0.305 e. The molecule has 0 aromatic carbocycles. The van der Waals surface area contributed by atoms with Gasteiger partial charge in [-0.05, 0) is 13.8 Å². The number of carboxylic acids is 1. The third kappa shape index (κ3) is 3.73. The van der Waals surface area contributed by atoms with Crippen LogP contribution in [0, 0.1) is 0 Å². The van der Waals surface area contributed by atoms with Crippen LogP contribution in [0.4, 0.5) is 0 Å². The van der Waals surface area contributed by atoms with Crippen molar-refractivity contribution < 1.29 is 19.5 Å². The van der Waals surface area contributed by atoms with Gasteiger partial charge in [-0.25, -0.2) is 0 Å². The van der Waals surface area contributed by atoms with Crippen molar-refractivity contribution in [2.75, 3.05) is 6.54 Å². The van der Waals surface area contributed by atoms with Crippen LogP contribution in [0.25, 0.3) is 0 Å². The summed E-state index contributed by atoms with van der Waals surface area (Å²) in [6.07, 6.45) is 0.226. The van der Waals surface area contributed by atoms with E-state index >= 15 is 0 Å². The van der Waals surface area contributed by atoms with Gasteiger partial charge < -0.3 is 10.0 Å². The lowest BCUT2D eigenvalue weighted by Crippen LogP contribution is -2.46. The van der Waals surface area contributed by atoms with Gasteiger partial charge in [0.05, 0.1) is 6.42 Å². The van der Waals surface area contributed by atoms with Crippen molar-refractivity contribution >= 4 is 28.8 Å². The number of hydrogen-bond donors (Lipinski definition) is 1. The zero-order chi connectivity index (χ0) is 13.2. The summed E-state index contributed by atoms with van der Waals surface area (Å²) in [5.74, 6) is -1.000. The topological polar surface area (TPSA) is 74.7 Å². The van der Waals surface area contributed by atoms with Crippen molar-refractivity contribution in [2.24, 2.45) is 0 Å². The Kier molecular flexibility index (Phi) is 4.19. The molecule has 6 heteroatoms. The standard InChI is InChI=1S/C11H17NO4S/c1-7(13)17-8-4-9(14)12(6-8)11(2,3)5-10(15)16/h8H,4-6H2,1-3H3,(H,15,16). The first-order valence-corrected chi connectivity index (χ1v) is 6.30. The molecule has 1 saturated heterocycles. The first-order chi connectivity index (χ1) is 7.72. The van der Waals surface area contributed by atoms with E-state index in [9.17, 15) is 14.4 Å². The van der Waals surface area contributed by atoms with Crippen molar-refractivity contribution in [3.63, 3.8) is 0 Å². The second-order valence-electron chi connectivity index (χ2n) is 4.82. The van der Waals surface area contributed by atoms with Gasteiger partial charge in [0.1, 0.15) is 0 Å². The minimum Gasteiger partial charge on any atom is -0.481 e. The lowest BCUT2D eigenvalue weighted by atomic mass is 9.99. The molecule has 0 radical (unpaired) electrons. The van der Waals surface area contributed by atoms with E-state index in [4.69, 9.17) is 5.11 Å². The van der Waals surface area contributed by atoms with E-state index < -0.39 is 11.5 Å². The van der Waals surface area contributed by atoms with E-state index in [2.05, 4.69) is 0 Å². The maximum absolute atomic E-state index is 11.8. The van der Waals surface area contributed by atoms with Gasteiger partial charge in [0.25, 0.3) is 0 Å². The minimum atomic E-state index is -0.925. The van der Waals surface area contributed by atoms with Crippen molar-refractivity contribution in [1.29, 1.82) is 0 Å². The molecule has 0 saturated carbocycles. The molecule has 1 rings (SSSR count). The van der Waals surface area contributed by atoms with Crippen LogP contribution in [0.15, 0.2) is 0 Å². The van der Waals surface area contributed by atoms with Crippen LogP contribution >= 0.6 is 11.8 Å². The second kappa shape index (κ2) is 5.08. The molecule has 0 aromatic rings. The molecule has 0 aromatic heterocycles. The Labute approximate surface area is 105 Å². The molecule has 1 unspecified atom stereocenters. The predicted octanol–water partition coefficient (Wildman–Crippen LogP) is 1.12. The Hall–Kier alpha value is -1.04. The van der Waals surface area contributed by atoms with Crippen LogP contribution in [-0.2, 0) is 14.4 Å². The van der Waals surface area contributed by atoms with Crippen molar-refractivity contribution in [3.8, 4) is 0 Å². The van der Waals surface area contributed by atoms with Gasteiger partial charge >= 0.3 is 5.97 Å². The molecule has 0 spiro atoms. The molecular formula is C11H17NO4S. The number of carbonyl (C=O) groups is 3. The van der Waals surface area contributed by atoms with Crippen molar-refractivity contribution in [3.05, 3.63) is 0 Å². The normalized spacial score (nSPS) is 20.8. The Morgan fingerprint density at radius 3 is 2.59 bits per heavy atom. The van der Waals surface area contributed by atoms with Crippen LogP contribution in [0.3, 0.4) is 0 Å². The summed E-state index contributed by atoms with van der Waals surface area (Å²) in [7, 11) is 0. The number of likely N-dealkylation sites (tertiary alicyclic amines) is 1. The van der Waals surface area contributed by atoms with E-state index in [-0.39, 0.29) is 22.7 Å². The summed E-state index contributed by atoms with van der Waals surface area (Å²) in [6.45, 7) is 5.39. The Morgan fingerprint density at radius 1 is 1.53 bits per heavy atom. The molecule has 1 aliphatic heterocycles. The van der Waals surface area contributed by atoms with Gasteiger partial charge in [-0.2, -0.15) is 0 Å². The lowest BCUT2D eigenvalue weighted by Gasteiger charge is -2.34. The van der Waals surface area contributed by atoms with Crippen LogP contribution < -0.4 is 0 Å². The summed E-state index contributed by atoms with van der Waals surface area (Å²) in [6, 6.07) is 0. The Morgan fingerprint density at radius 2 is 2.12 bits per heavy atom. The fourth-order valence-corrected chi connectivity index (χ4v) is 2.96. The molecule has 1 heterocycles. The summed E-state index contributed by atoms with van der Waals surface area (Å²) < 4.78 is 0. The summed E-state index contributed by atoms with van der Waals surface area (Å²) >= 11 is 1.16. The predicted molar refractivity (Wildman–Crippen MR) is 64.7 cm³/mol. The number of amides is 1. The zero-order valence-corrected chi connectivity index (χ0v) is 11.0. The Balaban J connectivity index is 2.69. The molecule has 0 bridgehead atoms. The van der Waals surface area contributed by atoms with E-state index in [1.807, 2.05) is 0 Å². The highest BCUT2D eigenvalue weighted by atomic mass is 32.2. The van der Waals surface area contributed by atoms with Gasteiger partial charge in [0.15, 0.2) is 5.12 Å². The zero-order valence-electron chi connectivity index (χ0n) is 10.2. The monoisotopic (exact) mass is 259 g/mol. The summed E-state index contributed by atoms with van der Waals surface area (Å²) in [4.78, 5) is 35.1. The highest BCUT2D eigenvalue weighted by molar-refractivity contribution is 8.14. The van der Waals surface area contributed by atoms with Gasteiger partial charge in [-0.1, -0.05) is 11.8 Å². The number of carboxylic acid groups (broad SMARTS) is 1. The molecular weight excluding hydrogens is 242 g/mol. The van der Waals surface area contributed by atoms with E-state index in [1.165, 1.54) is 6.92 Å². The molecule has 1 aliphatic rings. The number of hydrogen-bond acceptors (Lipinski definition) is 4. The first-order valence-electron chi connectivity index (χ1n) is 5.42. The molecule has 1 fully saturated rings. The molecule has 1 atom stereocenters. The quantitative estimate of drug-likeness (QED) is 0.819. The number of aliphatic carboxylic acids is 1. The third-order valence-electron chi connectivity index (χ3n) is 2.74. The molecule has 17 heavy (non-hydrogen) atoms. The number of thioether (sulfide) groups is 1. The van der Waals surface area contributed by atoms with Gasteiger partial charge in [-0.15, -0.1) is 0 Å². The average Bonchev–Trinajstić information content (AvgIpc) is 2.43. The highest BCUT2D eigenvalue weighted by Crippen LogP contribution is 2.31. The van der Waals surface area contributed by atoms with Crippen molar-refractivity contribution in [1.82, 2.24) is 4.90 Å². The molecule has 1 N–H and O–H groups in total. The number of nitrogens with zero attached hydrogens (tertiary/aromatic N) is 1. The first kappa shape index (κ1) is 14.0. The fourth-order valence-electron chi connectivity index (χ4n) is 2.04. The highest BCUT2D eigenvalue weighted by Gasteiger charge is 2.40. The summed E-state index contributed by atoms with van der Waals surface area (Å²) in [5.41, 5.74) is -0.699.